The third-order valence-corrected chi connectivity index (χ3v) is 10.6. The monoisotopic (exact) mass is 802 g/mol. The maximum absolute atomic E-state index is 13.4. The molecule has 0 spiro atoms. The summed E-state index contributed by atoms with van der Waals surface area (Å²) in [6.45, 7) is 11.9. The number of cyclic esters (lactones) is 1. The summed E-state index contributed by atoms with van der Waals surface area (Å²) in [5, 5.41) is 0. The minimum atomic E-state index is -1.39. The van der Waals surface area contributed by atoms with Gasteiger partial charge in [-0.05, 0) is 51.0 Å². The van der Waals surface area contributed by atoms with Crippen molar-refractivity contribution in [2.45, 2.75) is 132 Å². The Bertz CT molecular complexity index is 1450. The number of halogens is 4. The molecule has 3 aliphatic rings. The van der Waals surface area contributed by atoms with Gasteiger partial charge < -0.3 is 28.4 Å². The van der Waals surface area contributed by atoms with Crippen LogP contribution in [-0.4, -0.2) is 69.8 Å². The van der Waals surface area contributed by atoms with Crippen molar-refractivity contribution < 1.29 is 42.8 Å². The van der Waals surface area contributed by atoms with E-state index in [2.05, 4.69) is 13.0 Å². The molecule has 0 bridgehead atoms. The zero-order valence-corrected chi connectivity index (χ0v) is 33.4. The van der Waals surface area contributed by atoms with E-state index in [1.54, 1.807) is 0 Å². The average molecular weight is 805 g/mol. The minimum Gasteiger partial charge on any atom is -0.460 e. The number of allylic oxidation sites excluding steroid dienone is 3. The predicted octanol–water partition coefficient (Wildman–Crippen LogP) is 8.92. The van der Waals surface area contributed by atoms with Gasteiger partial charge in [0.05, 0.1) is 24.2 Å². The highest BCUT2D eigenvalue weighted by atomic mass is 35.5. The van der Waals surface area contributed by atoms with Crippen LogP contribution in [-0.2, 0) is 42.8 Å². The van der Waals surface area contributed by atoms with Crippen LogP contribution < -0.4 is 0 Å². The lowest BCUT2D eigenvalue weighted by molar-refractivity contribution is -0.158. The zero-order chi connectivity index (χ0) is 38.2. The van der Waals surface area contributed by atoms with Crippen LogP contribution in [0.1, 0.15) is 85.5 Å². The van der Waals surface area contributed by atoms with Gasteiger partial charge in [0.1, 0.15) is 24.4 Å². The number of carbonyl (C=O) groups excluding carboxylic acids is 3. The van der Waals surface area contributed by atoms with Crippen LogP contribution >= 0.6 is 46.4 Å². The van der Waals surface area contributed by atoms with Crippen molar-refractivity contribution in [3.8, 4) is 0 Å². The second-order valence-corrected chi connectivity index (χ2v) is 16.4. The van der Waals surface area contributed by atoms with Crippen molar-refractivity contribution in [1.29, 1.82) is 0 Å². The number of rotatable bonds is 13. The highest BCUT2D eigenvalue weighted by Gasteiger charge is 2.47. The molecule has 0 unspecified atom stereocenters. The summed E-state index contributed by atoms with van der Waals surface area (Å²) in [5.41, 5.74) is 0.926. The van der Waals surface area contributed by atoms with Crippen LogP contribution in [0.25, 0.3) is 0 Å². The van der Waals surface area contributed by atoms with Crippen molar-refractivity contribution in [1.82, 2.24) is 0 Å². The molecule has 2 fully saturated rings. The summed E-state index contributed by atoms with van der Waals surface area (Å²) < 4.78 is 36.0. The second kappa shape index (κ2) is 19.5. The van der Waals surface area contributed by atoms with Gasteiger partial charge in [-0.25, -0.2) is 9.59 Å². The molecule has 0 saturated carbocycles. The van der Waals surface area contributed by atoms with Gasteiger partial charge in [-0.2, -0.15) is 0 Å². The van der Waals surface area contributed by atoms with Gasteiger partial charge in [0.15, 0.2) is 6.29 Å². The van der Waals surface area contributed by atoms with Crippen molar-refractivity contribution >= 4 is 64.3 Å². The molecule has 0 aliphatic carbocycles. The van der Waals surface area contributed by atoms with Gasteiger partial charge in [0.25, 0.3) is 0 Å². The van der Waals surface area contributed by atoms with Crippen LogP contribution in [0.3, 0.4) is 0 Å². The lowest BCUT2D eigenvalue weighted by atomic mass is 9.89. The van der Waals surface area contributed by atoms with Crippen LogP contribution in [0.15, 0.2) is 66.3 Å². The Kier molecular flexibility index (Phi) is 16.0. The van der Waals surface area contributed by atoms with Gasteiger partial charge in [-0.1, -0.05) is 135 Å². The van der Waals surface area contributed by atoms with E-state index in [0.717, 1.165) is 17.6 Å². The molecule has 1 aromatic carbocycles. The largest absolute Gasteiger partial charge is 0.460 e. The third-order valence-electron chi connectivity index (χ3n) is 9.89. The molecule has 11 atom stereocenters. The molecular formula is C39H50Cl4O9. The first-order chi connectivity index (χ1) is 24.6. The quantitative estimate of drug-likeness (QED) is 0.0482. The molecule has 288 valence electrons. The Hall–Kier alpha value is -2.11. The molecule has 2 saturated heterocycles. The molecule has 0 amide bonds. The van der Waals surface area contributed by atoms with E-state index in [1.165, 1.54) is 0 Å². The highest BCUT2D eigenvalue weighted by Crippen LogP contribution is 2.43. The molecule has 9 nitrogen and oxygen atoms in total. The molecule has 3 aliphatic heterocycles. The van der Waals surface area contributed by atoms with Crippen molar-refractivity contribution in [3.63, 3.8) is 0 Å². The number of benzene rings is 1. The van der Waals surface area contributed by atoms with E-state index in [-0.39, 0.29) is 42.5 Å². The predicted molar refractivity (Wildman–Crippen MR) is 201 cm³/mol. The summed E-state index contributed by atoms with van der Waals surface area (Å²) in [7, 11) is 0. The van der Waals surface area contributed by atoms with E-state index >= 15 is 0 Å². The van der Waals surface area contributed by atoms with E-state index in [9.17, 15) is 14.4 Å². The fourth-order valence-electron chi connectivity index (χ4n) is 6.78. The highest BCUT2D eigenvalue weighted by molar-refractivity contribution is 6.53. The Morgan fingerprint density at radius 2 is 1.73 bits per heavy atom. The smallest absolute Gasteiger partial charge is 0.339 e. The number of epoxide rings is 1. The number of carbonyl (C=O) groups is 3. The van der Waals surface area contributed by atoms with E-state index in [1.807, 2.05) is 89.3 Å². The van der Waals surface area contributed by atoms with Crippen molar-refractivity contribution in [2.75, 3.05) is 0 Å². The van der Waals surface area contributed by atoms with Crippen LogP contribution in [0.5, 0.6) is 0 Å². The Labute approximate surface area is 327 Å². The summed E-state index contributed by atoms with van der Waals surface area (Å²) in [4.78, 5) is 35.1. The molecule has 1 aromatic rings. The second-order valence-electron chi connectivity index (χ2n) is 14.2. The van der Waals surface area contributed by atoms with Gasteiger partial charge in [-0.15, -0.1) is 0 Å². The van der Waals surface area contributed by atoms with Crippen LogP contribution in [0.2, 0.25) is 0 Å². The van der Waals surface area contributed by atoms with Crippen LogP contribution in [0, 0.1) is 17.8 Å². The number of fused-ring (bicyclic) bond motifs is 1. The molecule has 0 radical (unpaired) electrons. The molecule has 0 aromatic heterocycles. The maximum atomic E-state index is 13.4. The molecule has 0 N–H and O–H groups in total. The van der Waals surface area contributed by atoms with E-state index in [0.29, 0.717) is 19.3 Å². The lowest BCUT2D eigenvalue weighted by Crippen LogP contribution is -2.38. The first-order valence-electron chi connectivity index (χ1n) is 17.9. The SMILES string of the molecule is CC[C@H](OC(=O)C(Cl)Cl)[C@@H](C)[C@H]1O[C@@H]1C[C@H](C)/C=C/C=C(\C)[C@H]1OC(=O)C[C@H](OC(=O)C(Cl)Cl)CC[C@@]2(C)O[C@@H](c3ccccc3)O[C@H]2/C=C/[C@@H]1C. The summed E-state index contributed by atoms with van der Waals surface area (Å²) in [5.74, 6) is -2.06. The van der Waals surface area contributed by atoms with E-state index in [4.69, 9.17) is 74.8 Å². The van der Waals surface area contributed by atoms with Gasteiger partial charge in [0, 0.05) is 17.4 Å². The fraction of sp³-hybridized carbons (Fsp3) is 0.615. The summed E-state index contributed by atoms with van der Waals surface area (Å²) in [6, 6.07) is 9.67. The van der Waals surface area contributed by atoms with Gasteiger partial charge in [-0.3, -0.25) is 4.79 Å². The fourth-order valence-corrected chi connectivity index (χ4v) is 6.98. The van der Waals surface area contributed by atoms with Crippen molar-refractivity contribution in [3.05, 3.63) is 71.8 Å². The number of esters is 3. The first-order valence-corrected chi connectivity index (χ1v) is 19.6. The number of alkyl halides is 4. The first kappa shape index (κ1) is 42.6. The number of hydrogen-bond donors (Lipinski definition) is 0. The Morgan fingerprint density at radius 3 is 2.38 bits per heavy atom. The minimum absolute atomic E-state index is 0.00705. The lowest BCUT2D eigenvalue weighted by Gasteiger charge is -2.31. The Morgan fingerprint density at radius 1 is 1.04 bits per heavy atom. The molecule has 4 rings (SSSR count). The Balaban J connectivity index is 1.46. The molecule has 13 heteroatoms. The normalized spacial score (nSPS) is 32.3. The maximum Gasteiger partial charge on any atom is 0.339 e. The molecule has 52 heavy (non-hydrogen) atoms. The third kappa shape index (κ3) is 11.9. The number of hydrogen-bond acceptors (Lipinski definition) is 9. The van der Waals surface area contributed by atoms with E-state index < -0.39 is 57.8 Å². The zero-order valence-electron chi connectivity index (χ0n) is 30.4. The van der Waals surface area contributed by atoms with Crippen molar-refractivity contribution in [2.24, 2.45) is 17.8 Å². The standard InChI is InChI=1S/C39H50Cl4O9/c1-7-28(49-37(46)35(42)43)25(5)33-29(48-33)20-22(2)12-11-13-23(3)32-24(4)16-17-30-39(6,52-38(50-30)26-14-9-8-10-15-26)19-18-27(21-31(44)51-32)47-36(45)34(40)41/h8-17,22,24-25,27-30,32-35,38H,7,18-21H2,1-6H3/b12-11+,17-16+,23-13+/t22-,24+,25-,27-,28+,29-,30+,32-,33-,38+,39-/m1/s1. The summed E-state index contributed by atoms with van der Waals surface area (Å²) in [6.07, 6.45) is 9.08. The average Bonchev–Trinajstić information content (AvgIpc) is 3.78. The summed E-state index contributed by atoms with van der Waals surface area (Å²) >= 11 is 22.9. The van der Waals surface area contributed by atoms with Gasteiger partial charge >= 0.3 is 17.9 Å². The molecule has 3 heterocycles. The number of ether oxygens (including phenoxy) is 6. The van der Waals surface area contributed by atoms with Gasteiger partial charge in [0.2, 0.25) is 9.67 Å². The molecular weight excluding hydrogens is 754 g/mol. The topological polar surface area (TPSA) is 110 Å². The van der Waals surface area contributed by atoms with Crippen LogP contribution in [0.4, 0.5) is 0 Å².